The van der Waals surface area contributed by atoms with Crippen molar-refractivity contribution in [1.82, 2.24) is 10.2 Å². The van der Waals surface area contributed by atoms with E-state index in [1.807, 2.05) is 57.2 Å². The lowest BCUT2D eigenvalue weighted by molar-refractivity contribution is -0.139. The first-order valence-electron chi connectivity index (χ1n) is 11.8. The van der Waals surface area contributed by atoms with Crippen molar-refractivity contribution in [1.29, 1.82) is 0 Å². The molecule has 0 aliphatic carbocycles. The number of benzene rings is 2. The second-order valence-electron chi connectivity index (χ2n) is 10.4. The highest BCUT2D eigenvalue weighted by Crippen LogP contribution is 2.26. The summed E-state index contributed by atoms with van der Waals surface area (Å²) >= 11 is 0. The highest BCUT2D eigenvalue weighted by atomic mass is 32.2. The molecule has 0 heterocycles. The Morgan fingerprint density at radius 1 is 0.971 bits per heavy atom. The zero-order chi connectivity index (χ0) is 26.6. The average Bonchev–Trinajstić information content (AvgIpc) is 2.74. The first kappa shape index (κ1) is 28.4. The third-order valence-corrected chi connectivity index (χ3v) is 7.04. The van der Waals surface area contributed by atoms with Crippen molar-refractivity contribution in [3.63, 3.8) is 0 Å². The molecule has 0 saturated carbocycles. The van der Waals surface area contributed by atoms with Crippen LogP contribution in [0.5, 0.6) is 0 Å². The highest BCUT2D eigenvalue weighted by molar-refractivity contribution is 7.92. The second-order valence-corrected chi connectivity index (χ2v) is 12.3. The Morgan fingerprint density at radius 2 is 1.54 bits per heavy atom. The number of carbonyl (C=O) groups is 2. The van der Waals surface area contributed by atoms with Gasteiger partial charge < -0.3 is 10.2 Å². The summed E-state index contributed by atoms with van der Waals surface area (Å²) in [6.45, 7) is 13.3. The van der Waals surface area contributed by atoms with Crippen LogP contribution in [-0.4, -0.2) is 50.0 Å². The lowest BCUT2D eigenvalue weighted by Crippen LogP contribution is -2.52. The van der Waals surface area contributed by atoms with Crippen LogP contribution in [-0.2, 0) is 31.6 Å². The van der Waals surface area contributed by atoms with Crippen molar-refractivity contribution in [3.8, 4) is 0 Å². The molecule has 8 heteroatoms. The molecule has 0 aromatic heterocycles. The van der Waals surface area contributed by atoms with Gasteiger partial charge in [-0.2, -0.15) is 0 Å². The molecule has 1 N–H and O–H groups in total. The number of aryl methyl sites for hydroxylation is 1. The van der Waals surface area contributed by atoms with Crippen molar-refractivity contribution < 1.29 is 18.0 Å². The fourth-order valence-electron chi connectivity index (χ4n) is 3.70. The van der Waals surface area contributed by atoms with Gasteiger partial charge in [-0.3, -0.25) is 13.9 Å². The van der Waals surface area contributed by atoms with Gasteiger partial charge in [-0.25, -0.2) is 8.42 Å². The van der Waals surface area contributed by atoms with Crippen LogP contribution >= 0.6 is 0 Å². The molecule has 0 radical (unpaired) electrons. The lowest BCUT2D eigenvalue weighted by Gasteiger charge is -2.32. The molecule has 192 valence electrons. The summed E-state index contributed by atoms with van der Waals surface area (Å²) in [5.74, 6) is -0.743. The number of anilines is 1. The van der Waals surface area contributed by atoms with E-state index in [2.05, 4.69) is 26.1 Å². The number of hydrogen-bond acceptors (Lipinski definition) is 4. The Hall–Kier alpha value is -2.87. The smallest absolute Gasteiger partial charge is 0.244 e. The van der Waals surface area contributed by atoms with Gasteiger partial charge >= 0.3 is 0 Å². The van der Waals surface area contributed by atoms with E-state index in [9.17, 15) is 18.0 Å². The number of nitrogens with one attached hydrogen (secondary N) is 1. The maximum absolute atomic E-state index is 13.6. The first-order chi connectivity index (χ1) is 16.1. The van der Waals surface area contributed by atoms with Gasteiger partial charge in [-0.1, -0.05) is 57.2 Å². The molecule has 2 amide bonds. The minimum Gasteiger partial charge on any atom is -0.352 e. The van der Waals surface area contributed by atoms with E-state index in [1.54, 1.807) is 19.1 Å². The quantitative estimate of drug-likeness (QED) is 0.563. The molecule has 0 fully saturated rings. The maximum atomic E-state index is 13.6. The molecule has 0 saturated heterocycles. The number of rotatable bonds is 9. The fraction of sp³-hybridized carbons (Fsp3) is 0.481. The molecule has 0 spiro atoms. The third kappa shape index (κ3) is 7.82. The molecule has 35 heavy (non-hydrogen) atoms. The Labute approximate surface area is 210 Å². The van der Waals surface area contributed by atoms with E-state index < -0.39 is 28.5 Å². The van der Waals surface area contributed by atoms with Crippen LogP contribution in [0.3, 0.4) is 0 Å². The molecule has 1 atom stereocenters. The van der Waals surface area contributed by atoms with Crippen molar-refractivity contribution in [2.45, 2.75) is 72.5 Å². The van der Waals surface area contributed by atoms with Crippen molar-refractivity contribution in [2.24, 2.45) is 0 Å². The average molecular weight is 502 g/mol. The predicted molar refractivity (Wildman–Crippen MR) is 142 cm³/mol. The Kier molecular flexibility index (Phi) is 9.11. The highest BCUT2D eigenvalue weighted by Gasteiger charge is 2.30. The molecule has 0 aliphatic heterocycles. The number of amides is 2. The van der Waals surface area contributed by atoms with Gasteiger partial charge in [0.2, 0.25) is 21.8 Å². The van der Waals surface area contributed by atoms with Gasteiger partial charge in [0.05, 0.1) is 11.9 Å². The van der Waals surface area contributed by atoms with E-state index >= 15 is 0 Å². The normalized spacial score (nSPS) is 12.8. The van der Waals surface area contributed by atoms with E-state index in [4.69, 9.17) is 0 Å². The van der Waals surface area contributed by atoms with Crippen LogP contribution in [0.1, 0.15) is 58.2 Å². The summed E-state index contributed by atoms with van der Waals surface area (Å²) in [5.41, 5.74) is 3.25. The van der Waals surface area contributed by atoms with E-state index in [-0.39, 0.29) is 23.9 Å². The summed E-state index contributed by atoms with van der Waals surface area (Å²) in [5, 5.41) is 2.85. The molecule has 2 aromatic carbocycles. The van der Waals surface area contributed by atoms with E-state index in [0.717, 1.165) is 27.3 Å². The van der Waals surface area contributed by atoms with Gasteiger partial charge in [0.25, 0.3) is 0 Å². The zero-order valence-corrected chi connectivity index (χ0v) is 22.9. The Morgan fingerprint density at radius 3 is 2.03 bits per heavy atom. The van der Waals surface area contributed by atoms with Crippen molar-refractivity contribution in [2.75, 3.05) is 17.1 Å². The lowest BCUT2D eigenvalue weighted by atomic mass is 9.87. The van der Waals surface area contributed by atoms with Crippen LogP contribution in [0.4, 0.5) is 5.69 Å². The molecule has 0 unspecified atom stereocenters. The molecular weight excluding hydrogens is 462 g/mol. The Balaban J connectivity index is 2.41. The molecule has 2 rings (SSSR count). The van der Waals surface area contributed by atoms with E-state index in [0.29, 0.717) is 5.69 Å². The number of hydrogen-bond donors (Lipinski definition) is 1. The predicted octanol–water partition coefficient (Wildman–Crippen LogP) is 4.00. The topological polar surface area (TPSA) is 86.8 Å². The van der Waals surface area contributed by atoms with Crippen LogP contribution in [0, 0.1) is 6.92 Å². The van der Waals surface area contributed by atoms with Gasteiger partial charge in [0.15, 0.2) is 0 Å². The SMILES string of the molecule is Cc1ccccc1CN(C(=O)CN(c1ccc(C(C)(C)C)cc1)S(C)(=O)=O)[C@H](C)C(=O)NC(C)C. The van der Waals surface area contributed by atoms with E-state index in [1.165, 1.54) is 4.90 Å². The number of nitrogens with zero attached hydrogens (tertiary/aromatic N) is 2. The van der Waals surface area contributed by atoms with Crippen LogP contribution in [0.2, 0.25) is 0 Å². The Bertz CT molecular complexity index is 1140. The molecule has 2 aromatic rings. The van der Waals surface area contributed by atoms with Gasteiger partial charge in [0, 0.05) is 12.6 Å². The third-order valence-electron chi connectivity index (χ3n) is 5.90. The molecule has 0 bridgehead atoms. The minimum atomic E-state index is -3.76. The maximum Gasteiger partial charge on any atom is 0.244 e. The van der Waals surface area contributed by atoms with Gasteiger partial charge in [0.1, 0.15) is 12.6 Å². The number of carbonyl (C=O) groups excluding carboxylic acids is 2. The second kappa shape index (κ2) is 11.2. The summed E-state index contributed by atoms with van der Waals surface area (Å²) in [6.07, 6.45) is 1.08. The first-order valence-corrected chi connectivity index (χ1v) is 13.7. The summed E-state index contributed by atoms with van der Waals surface area (Å²) in [4.78, 5) is 27.9. The molecule has 7 nitrogen and oxygen atoms in total. The summed E-state index contributed by atoms with van der Waals surface area (Å²) in [7, 11) is -3.76. The van der Waals surface area contributed by atoms with Crippen LogP contribution < -0.4 is 9.62 Å². The molecule has 0 aliphatic rings. The standard InChI is InChI=1S/C27H39N3O4S/c1-19(2)28-26(32)21(4)29(17-22-12-10-9-11-20(22)3)25(31)18-30(35(8,33)34)24-15-13-23(14-16-24)27(5,6)7/h9-16,19,21H,17-18H2,1-8H3,(H,28,32)/t21-/m1/s1. The minimum absolute atomic E-state index is 0.0887. The summed E-state index contributed by atoms with van der Waals surface area (Å²) in [6, 6.07) is 14.0. The monoisotopic (exact) mass is 501 g/mol. The largest absolute Gasteiger partial charge is 0.352 e. The van der Waals surface area contributed by atoms with Gasteiger partial charge in [-0.05, 0) is 61.9 Å². The fourth-order valence-corrected chi connectivity index (χ4v) is 4.55. The number of sulfonamides is 1. The van der Waals surface area contributed by atoms with Gasteiger partial charge in [-0.15, -0.1) is 0 Å². The molecular formula is C27H39N3O4S. The van der Waals surface area contributed by atoms with Crippen LogP contribution in [0.15, 0.2) is 48.5 Å². The van der Waals surface area contributed by atoms with Crippen LogP contribution in [0.25, 0.3) is 0 Å². The van der Waals surface area contributed by atoms with Crippen molar-refractivity contribution >= 4 is 27.5 Å². The summed E-state index contributed by atoms with van der Waals surface area (Å²) < 4.78 is 26.5. The zero-order valence-electron chi connectivity index (χ0n) is 22.1. The van der Waals surface area contributed by atoms with Crippen molar-refractivity contribution in [3.05, 3.63) is 65.2 Å².